The first-order valence-electron chi connectivity index (χ1n) is 6.32. The minimum atomic E-state index is -0.142. The molecule has 1 aromatic heterocycles. The van der Waals surface area contributed by atoms with E-state index in [0.717, 1.165) is 11.4 Å². The highest BCUT2D eigenvalue weighted by molar-refractivity contribution is 7.13. The van der Waals surface area contributed by atoms with Gasteiger partial charge in [0.25, 0.3) is 0 Å². The Balaban J connectivity index is 1.99. The van der Waals surface area contributed by atoms with Gasteiger partial charge in [0, 0.05) is 17.6 Å². The molecule has 0 radical (unpaired) electrons. The van der Waals surface area contributed by atoms with Gasteiger partial charge >= 0.3 is 0 Å². The smallest absolute Gasteiger partial charge is 0.245 e. The molecule has 0 atom stereocenters. The first-order chi connectivity index (χ1) is 9.69. The molecule has 0 bridgehead atoms. The molecule has 2 N–H and O–H groups in total. The van der Waals surface area contributed by atoms with Gasteiger partial charge in [0.05, 0.1) is 18.8 Å². The lowest BCUT2D eigenvalue weighted by atomic mass is 10.3. The van der Waals surface area contributed by atoms with Crippen molar-refractivity contribution in [2.45, 2.75) is 6.92 Å². The van der Waals surface area contributed by atoms with E-state index in [0.29, 0.717) is 11.7 Å². The number of hydrogen-bond acceptors (Lipinski definition) is 5. The van der Waals surface area contributed by atoms with Crippen LogP contribution < -0.4 is 10.2 Å². The highest BCUT2D eigenvalue weighted by Crippen LogP contribution is 2.16. The summed E-state index contributed by atoms with van der Waals surface area (Å²) in [6.45, 7) is 2.48. The van der Waals surface area contributed by atoms with Crippen molar-refractivity contribution in [3.05, 3.63) is 41.4 Å². The highest BCUT2D eigenvalue weighted by Gasteiger charge is 2.12. The number of nitrogens with one attached hydrogen (secondary N) is 1. The summed E-state index contributed by atoms with van der Waals surface area (Å²) in [6.07, 6.45) is 0. The van der Waals surface area contributed by atoms with E-state index in [-0.39, 0.29) is 19.1 Å². The third-order valence-corrected chi connectivity index (χ3v) is 3.57. The average Bonchev–Trinajstić information content (AvgIpc) is 2.84. The SMILES string of the molecule is Cc1csc(NC(=O)CN(CCO)c2ccccc2)n1. The van der Waals surface area contributed by atoms with Crippen molar-refractivity contribution in [3.8, 4) is 0 Å². The number of aromatic nitrogens is 1. The van der Waals surface area contributed by atoms with Crippen LogP contribution in [0.3, 0.4) is 0 Å². The Hall–Kier alpha value is -1.92. The van der Waals surface area contributed by atoms with Crippen LogP contribution in [-0.4, -0.2) is 35.7 Å². The molecule has 2 aromatic rings. The number of carbonyl (C=O) groups is 1. The molecule has 0 aliphatic carbocycles. The molecule has 0 fully saturated rings. The molecule has 20 heavy (non-hydrogen) atoms. The summed E-state index contributed by atoms with van der Waals surface area (Å²) >= 11 is 1.40. The highest BCUT2D eigenvalue weighted by atomic mass is 32.1. The van der Waals surface area contributed by atoms with Gasteiger partial charge in [0.15, 0.2) is 5.13 Å². The maximum Gasteiger partial charge on any atom is 0.245 e. The summed E-state index contributed by atoms with van der Waals surface area (Å²) in [5.41, 5.74) is 1.80. The number of carbonyl (C=O) groups excluding carboxylic acids is 1. The van der Waals surface area contributed by atoms with Gasteiger partial charge in [-0.25, -0.2) is 4.98 Å². The molecule has 0 spiro atoms. The van der Waals surface area contributed by atoms with Crippen molar-refractivity contribution < 1.29 is 9.90 Å². The van der Waals surface area contributed by atoms with Crippen molar-refractivity contribution >= 4 is 28.1 Å². The Labute approximate surface area is 121 Å². The summed E-state index contributed by atoms with van der Waals surface area (Å²) < 4.78 is 0. The second kappa shape index (κ2) is 7.02. The molecular weight excluding hydrogens is 274 g/mol. The number of aryl methyl sites for hydroxylation is 1. The zero-order valence-electron chi connectivity index (χ0n) is 11.2. The molecule has 0 aliphatic heterocycles. The molecule has 6 heteroatoms. The number of aliphatic hydroxyl groups excluding tert-OH is 1. The van der Waals surface area contributed by atoms with E-state index >= 15 is 0 Å². The second-order valence-electron chi connectivity index (χ2n) is 4.32. The van der Waals surface area contributed by atoms with Gasteiger partial charge in [0.2, 0.25) is 5.91 Å². The first-order valence-corrected chi connectivity index (χ1v) is 7.20. The predicted molar refractivity (Wildman–Crippen MR) is 81.2 cm³/mol. The average molecular weight is 291 g/mol. The van der Waals surface area contributed by atoms with Crippen LogP contribution in [0.15, 0.2) is 35.7 Å². The van der Waals surface area contributed by atoms with Gasteiger partial charge in [-0.1, -0.05) is 18.2 Å². The molecule has 0 aliphatic rings. The van der Waals surface area contributed by atoms with E-state index < -0.39 is 0 Å². The summed E-state index contributed by atoms with van der Waals surface area (Å²) in [4.78, 5) is 18.0. The Morgan fingerprint density at radius 2 is 2.15 bits per heavy atom. The lowest BCUT2D eigenvalue weighted by Crippen LogP contribution is -2.35. The summed E-state index contributed by atoms with van der Waals surface area (Å²) in [6, 6.07) is 9.55. The Morgan fingerprint density at radius 3 is 2.75 bits per heavy atom. The van der Waals surface area contributed by atoms with Crippen LogP contribution in [-0.2, 0) is 4.79 Å². The van der Waals surface area contributed by atoms with E-state index in [4.69, 9.17) is 5.11 Å². The molecule has 2 rings (SSSR count). The summed E-state index contributed by atoms with van der Waals surface area (Å²) in [7, 11) is 0. The van der Waals surface area contributed by atoms with Crippen molar-refractivity contribution in [2.75, 3.05) is 29.9 Å². The fourth-order valence-electron chi connectivity index (χ4n) is 1.80. The van der Waals surface area contributed by atoms with Gasteiger partial charge in [-0.15, -0.1) is 11.3 Å². The van der Waals surface area contributed by atoms with E-state index in [1.807, 2.05) is 47.5 Å². The van der Waals surface area contributed by atoms with Crippen molar-refractivity contribution in [2.24, 2.45) is 0 Å². The number of amides is 1. The lowest BCUT2D eigenvalue weighted by molar-refractivity contribution is -0.115. The van der Waals surface area contributed by atoms with Gasteiger partial charge in [0.1, 0.15) is 0 Å². The Kier molecular flexibility index (Phi) is 5.09. The monoisotopic (exact) mass is 291 g/mol. The number of rotatable bonds is 6. The summed E-state index contributed by atoms with van der Waals surface area (Å²) in [5, 5.41) is 14.4. The van der Waals surface area contributed by atoms with Crippen LogP contribution in [0.1, 0.15) is 5.69 Å². The molecule has 0 saturated heterocycles. The summed E-state index contributed by atoms with van der Waals surface area (Å²) in [5.74, 6) is -0.142. The van der Waals surface area contributed by atoms with E-state index in [1.165, 1.54) is 11.3 Å². The molecule has 1 amide bonds. The van der Waals surface area contributed by atoms with Gasteiger partial charge in [-0.05, 0) is 19.1 Å². The molecule has 106 valence electrons. The minimum Gasteiger partial charge on any atom is -0.395 e. The first kappa shape index (κ1) is 14.5. The number of anilines is 2. The molecule has 1 heterocycles. The molecule has 0 saturated carbocycles. The Morgan fingerprint density at radius 1 is 1.40 bits per heavy atom. The number of para-hydroxylation sites is 1. The van der Waals surface area contributed by atoms with Crippen LogP contribution in [0.2, 0.25) is 0 Å². The number of benzene rings is 1. The number of nitrogens with zero attached hydrogens (tertiary/aromatic N) is 2. The van der Waals surface area contributed by atoms with E-state index in [2.05, 4.69) is 10.3 Å². The second-order valence-corrected chi connectivity index (χ2v) is 5.18. The fraction of sp³-hybridized carbons (Fsp3) is 0.286. The van der Waals surface area contributed by atoms with Crippen molar-refractivity contribution in [3.63, 3.8) is 0 Å². The van der Waals surface area contributed by atoms with Crippen LogP contribution in [0.4, 0.5) is 10.8 Å². The predicted octanol–water partition coefficient (Wildman–Crippen LogP) is 1.89. The fourth-order valence-corrected chi connectivity index (χ4v) is 2.51. The molecular formula is C14H17N3O2S. The molecule has 0 unspecified atom stereocenters. The number of aliphatic hydroxyl groups is 1. The minimum absolute atomic E-state index is 0.00145. The van der Waals surface area contributed by atoms with Crippen LogP contribution in [0, 0.1) is 6.92 Å². The zero-order chi connectivity index (χ0) is 14.4. The topological polar surface area (TPSA) is 65.5 Å². The number of hydrogen-bond donors (Lipinski definition) is 2. The van der Waals surface area contributed by atoms with Crippen LogP contribution >= 0.6 is 11.3 Å². The van der Waals surface area contributed by atoms with Gasteiger partial charge in [-0.3, -0.25) is 4.79 Å². The van der Waals surface area contributed by atoms with Crippen LogP contribution in [0.5, 0.6) is 0 Å². The third kappa shape index (κ3) is 4.04. The zero-order valence-corrected chi connectivity index (χ0v) is 12.1. The normalized spacial score (nSPS) is 10.3. The number of thiazole rings is 1. The Bertz CT molecular complexity index is 557. The van der Waals surface area contributed by atoms with Gasteiger partial charge in [-0.2, -0.15) is 0 Å². The van der Waals surface area contributed by atoms with Crippen molar-refractivity contribution in [1.82, 2.24) is 4.98 Å². The largest absolute Gasteiger partial charge is 0.395 e. The quantitative estimate of drug-likeness (QED) is 0.853. The van der Waals surface area contributed by atoms with Crippen molar-refractivity contribution in [1.29, 1.82) is 0 Å². The van der Waals surface area contributed by atoms with Gasteiger partial charge < -0.3 is 15.3 Å². The molecule has 1 aromatic carbocycles. The lowest BCUT2D eigenvalue weighted by Gasteiger charge is -2.22. The standard InChI is InChI=1S/C14H17N3O2S/c1-11-10-20-14(15-11)16-13(19)9-17(7-8-18)12-5-3-2-4-6-12/h2-6,10,18H,7-9H2,1H3,(H,15,16,19). The van der Waals surface area contributed by atoms with E-state index in [9.17, 15) is 4.79 Å². The van der Waals surface area contributed by atoms with Crippen LogP contribution in [0.25, 0.3) is 0 Å². The van der Waals surface area contributed by atoms with E-state index in [1.54, 1.807) is 0 Å². The maximum atomic E-state index is 12.0. The molecule has 5 nitrogen and oxygen atoms in total. The third-order valence-electron chi connectivity index (χ3n) is 2.69. The maximum absolute atomic E-state index is 12.0.